The van der Waals surface area contributed by atoms with Gasteiger partial charge in [0.1, 0.15) is 0 Å². The Labute approximate surface area is 231 Å². The number of rotatable bonds is 6. The molecule has 38 heavy (non-hydrogen) atoms. The molecule has 0 saturated heterocycles. The van der Waals surface area contributed by atoms with Gasteiger partial charge in [0.2, 0.25) is 5.91 Å². The minimum Gasteiger partial charge on any atom is -0.349 e. The predicted octanol–water partition coefficient (Wildman–Crippen LogP) is 1.83. The quantitative estimate of drug-likeness (QED) is 0.472. The number of benzene rings is 1. The standard InChI is InChI=1S/C24H31ClN6O5S2/c1-30(2)23(33)14-4-9-17(28-24(34)29-38(35,36)16-7-5-15(25)6-8-16)19(12-14)26-21(32)22-27-18-10-11-31(3)13-20(18)37-22/h5-8,14,17,19H,4,9-13H2,1-3H3,(H,26,32)(H2,28,29,34). The van der Waals surface area contributed by atoms with Crippen molar-refractivity contribution in [3.8, 4) is 0 Å². The van der Waals surface area contributed by atoms with Crippen molar-refractivity contribution in [3.63, 3.8) is 0 Å². The number of urea groups is 1. The van der Waals surface area contributed by atoms with Crippen LogP contribution in [0.1, 0.15) is 39.6 Å². The number of amides is 4. The second-order valence-corrected chi connectivity index (χ2v) is 13.0. The molecule has 1 aliphatic heterocycles. The van der Waals surface area contributed by atoms with E-state index >= 15 is 0 Å². The summed E-state index contributed by atoms with van der Waals surface area (Å²) in [6, 6.07) is 3.31. The monoisotopic (exact) mass is 582 g/mol. The minimum atomic E-state index is -4.13. The van der Waals surface area contributed by atoms with Gasteiger partial charge < -0.3 is 20.4 Å². The number of hydrogen-bond acceptors (Lipinski definition) is 8. The van der Waals surface area contributed by atoms with E-state index in [2.05, 4.69) is 20.5 Å². The van der Waals surface area contributed by atoms with Crippen LogP contribution in [-0.2, 0) is 27.8 Å². The van der Waals surface area contributed by atoms with Crippen molar-refractivity contribution in [3.05, 3.63) is 44.9 Å². The zero-order chi connectivity index (χ0) is 27.6. The van der Waals surface area contributed by atoms with Gasteiger partial charge in [-0.1, -0.05) is 11.6 Å². The van der Waals surface area contributed by atoms with E-state index in [0.29, 0.717) is 29.3 Å². The van der Waals surface area contributed by atoms with Gasteiger partial charge in [-0.05, 0) is 50.6 Å². The zero-order valence-corrected chi connectivity index (χ0v) is 23.8. The van der Waals surface area contributed by atoms with Gasteiger partial charge in [-0.15, -0.1) is 11.3 Å². The lowest BCUT2D eigenvalue weighted by molar-refractivity contribution is -0.134. The van der Waals surface area contributed by atoms with E-state index in [9.17, 15) is 22.8 Å². The van der Waals surface area contributed by atoms with Crippen molar-refractivity contribution in [2.24, 2.45) is 5.92 Å². The third-order valence-corrected chi connectivity index (χ3v) is 9.42. The van der Waals surface area contributed by atoms with Crippen LogP contribution in [0, 0.1) is 5.92 Å². The van der Waals surface area contributed by atoms with Crippen LogP contribution in [0.4, 0.5) is 4.79 Å². The number of nitrogens with one attached hydrogen (secondary N) is 3. The molecule has 4 amide bonds. The maximum Gasteiger partial charge on any atom is 0.328 e. The van der Waals surface area contributed by atoms with Crippen LogP contribution in [0.5, 0.6) is 0 Å². The Balaban J connectivity index is 1.48. The summed E-state index contributed by atoms with van der Waals surface area (Å²) in [7, 11) is 1.23. The first kappa shape index (κ1) is 28.3. The molecule has 2 aliphatic rings. The molecule has 1 fully saturated rings. The number of nitrogens with zero attached hydrogens (tertiary/aromatic N) is 3. The molecule has 1 saturated carbocycles. The normalized spacial score (nSPS) is 21.7. The van der Waals surface area contributed by atoms with Gasteiger partial charge >= 0.3 is 6.03 Å². The molecule has 14 heteroatoms. The Morgan fingerprint density at radius 3 is 2.50 bits per heavy atom. The van der Waals surface area contributed by atoms with Crippen LogP contribution < -0.4 is 15.4 Å². The van der Waals surface area contributed by atoms with E-state index in [0.717, 1.165) is 30.1 Å². The highest BCUT2D eigenvalue weighted by molar-refractivity contribution is 7.90. The number of carbonyl (C=O) groups is 3. The summed E-state index contributed by atoms with van der Waals surface area (Å²) >= 11 is 7.17. The number of hydrogen-bond donors (Lipinski definition) is 3. The molecular weight excluding hydrogens is 552 g/mol. The molecule has 2 aromatic rings. The third kappa shape index (κ3) is 6.63. The molecule has 3 unspecified atom stereocenters. The fourth-order valence-corrected chi connectivity index (χ4v) is 6.87. The number of sulfonamides is 1. The molecule has 0 bridgehead atoms. The lowest BCUT2D eigenvalue weighted by Crippen LogP contribution is -2.57. The summed E-state index contributed by atoms with van der Waals surface area (Å²) in [6.45, 7) is 1.60. The van der Waals surface area contributed by atoms with Crippen molar-refractivity contribution in [2.45, 2.75) is 49.2 Å². The van der Waals surface area contributed by atoms with Gasteiger partial charge in [0.25, 0.3) is 15.9 Å². The number of aromatic nitrogens is 1. The Morgan fingerprint density at radius 2 is 1.82 bits per heavy atom. The summed E-state index contributed by atoms with van der Waals surface area (Å²) in [5, 5.41) is 6.34. The highest BCUT2D eigenvalue weighted by Crippen LogP contribution is 2.28. The summed E-state index contributed by atoms with van der Waals surface area (Å²) in [5.41, 5.74) is 0.920. The summed E-state index contributed by atoms with van der Waals surface area (Å²) in [5.74, 6) is -0.784. The molecule has 3 N–H and O–H groups in total. The smallest absolute Gasteiger partial charge is 0.328 e. The fourth-order valence-electron chi connectivity index (χ4n) is 4.74. The Kier molecular flexibility index (Phi) is 8.60. The highest BCUT2D eigenvalue weighted by atomic mass is 35.5. The van der Waals surface area contributed by atoms with Gasteiger partial charge in [-0.25, -0.2) is 22.9 Å². The maximum atomic E-state index is 13.2. The van der Waals surface area contributed by atoms with E-state index in [-0.39, 0.29) is 22.6 Å². The van der Waals surface area contributed by atoms with Crippen molar-refractivity contribution in [1.29, 1.82) is 0 Å². The SMILES string of the molecule is CN1CCc2nc(C(=O)NC3CC(C(=O)N(C)C)CCC3NC(=O)NS(=O)(=O)c3ccc(Cl)cc3)sc2C1. The van der Waals surface area contributed by atoms with Crippen molar-refractivity contribution in [2.75, 3.05) is 27.7 Å². The summed E-state index contributed by atoms with van der Waals surface area (Å²) < 4.78 is 27.3. The molecular formula is C24H31ClN6O5S2. The highest BCUT2D eigenvalue weighted by Gasteiger charge is 2.37. The molecule has 0 spiro atoms. The fraction of sp³-hybridized carbons (Fsp3) is 0.500. The van der Waals surface area contributed by atoms with Gasteiger partial charge in [-0.2, -0.15) is 0 Å². The largest absolute Gasteiger partial charge is 0.349 e. The molecule has 206 valence electrons. The first-order chi connectivity index (χ1) is 17.9. The van der Waals surface area contributed by atoms with Crippen LogP contribution in [0.25, 0.3) is 0 Å². The van der Waals surface area contributed by atoms with Gasteiger partial charge in [0.15, 0.2) is 5.01 Å². The molecule has 1 aromatic heterocycles. The molecule has 0 radical (unpaired) electrons. The van der Waals surface area contributed by atoms with E-state index in [1.807, 2.05) is 11.8 Å². The van der Waals surface area contributed by atoms with Crippen molar-refractivity contribution < 1.29 is 22.8 Å². The summed E-state index contributed by atoms with van der Waals surface area (Å²) in [6.07, 6.45) is 1.93. The molecule has 2 heterocycles. The molecule has 3 atom stereocenters. The number of thiazole rings is 1. The van der Waals surface area contributed by atoms with Crippen LogP contribution in [0.2, 0.25) is 5.02 Å². The van der Waals surface area contributed by atoms with E-state index < -0.39 is 28.1 Å². The minimum absolute atomic E-state index is 0.0646. The molecule has 11 nitrogen and oxygen atoms in total. The number of likely N-dealkylation sites (N-methyl/N-ethyl adjacent to an activating group) is 1. The van der Waals surface area contributed by atoms with Gasteiger partial charge in [-0.3, -0.25) is 9.59 Å². The first-order valence-corrected chi connectivity index (χ1v) is 14.9. The van der Waals surface area contributed by atoms with Gasteiger partial charge in [0, 0.05) is 49.4 Å². The molecule has 4 rings (SSSR count). The van der Waals surface area contributed by atoms with Crippen molar-refractivity contribution in [1.82, 2.24) is 30.1 Å². The molecule has 1 aromatic carbocycles. The zero-order valence-electron chi connectivity index (χ0n) is 21.4. The average Bonchev–Trinajstić information content (AvgIpc) is 3.28. The van der Waals surface area contributed by atoms with E-state index in [1.165, 1.54) is 40.5 Å². The lowest BCUT2D eigenvalue weighted by atomic mass is 9.81. The van der Waals surface area contributed by atoms with Crippen LogP contribution in [0.3, 0.4) is 0 Å². The Bertz CT molecular complexity index is 1310. The predicted molar refractivity (Wildman–Crippen MR) is 144 cm³/mol. The number of fused-ring (bicyclic) bond motifs is 1. The van der Waals surface area contributed by atoms with E-state index in [1.54, 1.807) is 14.1 Å². The second kappa shape index (κ2) is 11.6. The van der Waals surface area contributed by atoms with E-state index in [4.69, 9.17) is 11.6 Å². The van der Waals surface area contributed by atoms with Crippen LogP contribution >= 0.6 is 22.9 Å². The Morgan fingerprint density at radius 1 is 1.11 bits per heavy atom. The summed E-state index contributed by atoms with van der Waals surface area (Å²) in [4.78, 5) is 47.7. The number of halogens is 1. The third-order valence-electron chi connectivity index (χ3n) is 6.74. The molecule has 1 aliphatic carbocycles. The average molecular weight is 583 g/mol. The van der Waals surface area contributed by atoms with Crippen LogP contribution in [0.15, 0.2) is 29.2 Å². The maximum absolute atomic E-state index is 13.2. The Hall–Kier alpha value is -2.74. The van der Waals surface area contributed by atoms with Gasteiger partial charge in [0.05, 0.1) is 22.7 Å². The lowest BCUT2D eigenvalue weighted by Gasteiger charge is -2.37. The van der Waals surface area contributed by atoms with Crippen molar-refractivity contribution >= 4 is 50.8 Å². The second-order valence-electron chi connectivity index (χ2n) is 9.84. The van der Waals surface area contributed by atoms with Crippen LogP contribution in [-0.4, -0.2) is 80.8 Å². The topological polar surface area (TPSA) is 141 Å². The first-order valence-electron chi connectivity index (χ1n) is 12.2. The number of carbonyl (C=O) groups excluding carboxylic acids is 3.